The lowest BCUT2D eigenvalue weighted by Crippen LogP contribution is -2.29. The topological polar surface area (TPSA) is 48.0 Å². The van der Waals surface area contributed by atoms with E-state index in [0.29, 0.717) is 12.5 Å². The number of halogens is 3. The zero-order chi connectivity index (χ0) is 16.0. The maximum absolute atomic E-state index is 13.0. The Kier molecular flexibility index (Phi) is 3.51. The molecule has 2 N–H and O–H groups in total. The number of hydrogen-bond donors (Lipinski definition) is 1. The Morgan fingerprint density at radius 3 is 2.29 bits per heavy atom. The SMILES string of the molecule is CC(C)(C)Cc1ccc2c(C(F)(F)F)cc(=O)n(N)c2c1. The van der Waals surface area contributed by atoms with E-state index in [1.165, 1.54) is 6.07 Å². The lowest BCUT2D eigenvalue weighted by atomic mass is 9.87. The van der Waals surface area contributed by atoms with Gasteiger partial charge in [-0.3, -0.25) is 4.79 Å². The second kappa shape index (κ2) is 4.79. The number of hydrogen-bond acceptors (Lipinski definition) is 2. The van der Waals surface area contributed by atoms with Crippen LogP contribution in [0.25, 0.3) is 10.9 Å². The van der Waals surface area contributed by atoms with Crippen molar-refractivity contribution in [3.05, 3.63) is 45.7 Å². The molecular weight excluding hydrogens is 281 g/mol. The lowest BCUT2D eigenvalue weighted by Gasteiger charge is -2.19. The van der Waals surface area contributed by atoms with Gasteiger partial charge >= 0.3 is 6.18 Å². The molecule has 0 bridgehead atoms. The highest BCUT2D eigenvalue weighted by molar-refractivity contribution is 5.83. The van der Waals surface area contributed by atoms with Crippen LogP contribution in [0.1, 0.15) is 31.9 Å². The number of nitrogens with zero attached hydrogens (tertiary/aromatic N) is 1. The third kappa shape index (κ3) is 3.20. The van der Waals surface area contributed by atoms with Crippen LogP contribution in [0, 0.1) is 5.41 Å². The fraction of sp³-hybridized carbons (Fsp3) is 0.400. The van der Waals surface area contributed by atoms with Gasteiger partial charge in [-0.1, -0.05) is 32.9 Å². The molecule has 3 nitrogen and oxygen atoms in total. The first kappa shape index (κ1) is 15.4. The molecule has 6 heteroatoms. The van der Waals surface area contributed by atoms with Gasteiger partial charge in [0.2, 0.25) is 0 Å². The summed E-state index contributed by atoms with van der Waals surface area (Å²) >= 11 is 0. The molecule has 114 valence electrons. The average molecular weight is 298 g/mol. The molecule has 0 saturated carbocycles. The summed E-state index contributed by atoms with van der Waals surface area (Å²) in [6.07, 6.45) is -3.91. The molecule has 0 aliphatic rings. The van der Waals surface area contributed by atoms with Gasteiger partial charge in [0.15, 0.2) is 0 Å². The van der Waals surface area contributed by atoms with Gasteiger partial charge in [-0.25, -0.2) is 4.68 Å². The first-order valence-electron chi connectivity index (χ1n) is 6.50. The number of benzene rings is 1. The maximum Gasteiger partial charge on any atom is 0.417 e. The second-order valence-corrected chi connectivity index (χ2v) is 6.35. The Morgan fingerprint density at radius 2 is 1.76 bits per heavy atom. The molecule has 0 aliphatic carbocycles. The van der Waals surface area contributed by atoms with Crippen LogP contribution in [0.5, 0.6) is 0 Å². The van der Waals surface area contributed by atoms with Crippen LogP contribution < -0.4 is 11.4 Å². The Hall–Kier alpha value is -1.98. The number of nitrogen functional groups attached to an aromatic ring is 1. The number of nitrogens with two attached hydrogens (primary N) is 1. The first-order chi connectivity index (χ1) is 9.49. The molecule has 0 saturated heterocycles. The van der Waals surface area contributed by atoms with Gasteiger partial charge in [-0.2, -0.15) is 13.2 Å². The molecule has 1 aromatic heterocycles. The quantitative estimate of drug-likeness (QED) is 0.821. The van der Waals surface area contributed by atoms with Crippen LogP contribution in [0.4, 0.5) is 13.2 Å². The molecule has 1 aromatic carbocycles. The van der Waals surface area contributed by atoms with Gasteiger partial charge < -0.3 is 5.84 Å². The second-order valence-electron chi connectivity index (χ2n) is 6.35. The Balaban J connectivity index is 2.73. The summed E-state index contributed by atoms with van der Waals surface area (Å²) in [5, 5.41) is -0.0674. The largest absolute Gasteiger partial charge is 0.417 e. The smallest absolute Gasteiger partial charge is 0.336 e. The van der Waals surface area contributed by atoms with Crippen LogP contribution in [-0.2, 0) is 12.6 Å². The van der Waals surface area contributed by atoms with E-state index in [9.17, 15) is 18.0 Å². The van der Waals surface area contributed by atoms with Crippen molar-refractivity contribution in [2.75, 3.05) is 5.84 Å². The van der Waals surface area contributed by atoms with Crippen LogP contribution in [-0.4, -0.2) is 4.68 Å². The summed E-state index contributed by atoms with van der Waals surface area (Å²) < 4.78 is 39.8. The summed E-state index contributed by atoms with van der Waals surface area (Å²) in [6, 6.07) is 5.11. The Bertz CT molecular complexity index is 739. The third-order valence-corrected chi connectivity index (χ3v) is 3.16. The summed E-state index contributed by atoms with van der Waals surface area (Å²) in [5.74, 6) is 5.60. The van der Waals surface area contributed by atoms with E-state index < -0.39 is 17.3 Å². The predicted molar refractivity (Wildman–Crippen MR) is 76.5 cm³/mol. The van der Waals surface area contributed by atoms with Crippen molar-refractivity contribution in [3.8, 4) is 0 Å². The van der Waals surface area contributed by atoms with Gasteiger partial charge in [0.25, 0.3) is 5.56 Å². The number of fused-ring (bicyclic) bond motifs is 1. The highest BCUT2D eigenvalue weighted by atomic mass is 19.4. The minimum Gasteiger partial charge on any atom is -0.336 e. The lowest BCUT2D eigenvalue weighted by molar-refractivity contribution is -0.136. The van der Waals surface area contributed by atoms with E-state index in [2.05, 4.69) is 0 Å². The summed E-state index contributed by atoms with van der Waals surface area (Å²) in [7, 11) is 0. The molecule has 0 fully saturated rings. The fourth-order valence-electron chi connectivity index (χ4n) is 2.35. The van der Waals surface area contributed by atoms with Crippen molar-refractivity contribution in [1.29, 1.82) is 0 Å². The van der Waals surface area contributed by atoms with Crippen molar-refractivity contribution in [1.82, 2.24) is 4.68 Å². The third-order valence-electron chi connectivity index (χ3n) is 3.16. The van der Waals surface area contributed by atoms with E-state index in [1.54, 1.807) is 12.1 Å². The number of pyridine rings is 1. The molecule has 0 aliphatic heterocycles. The molecular formula is C15H17F3N2O. The molecule has 0 spiro atoms. The standard InChI is InChI=1S/C15H17F3N2O/c1-14(2,3)8-9-4-5-10-11(15(16,17)18)7-13(21)20(19)12(10)6-9/h4-7H,8,19H2,1-3H3. The van der Waals surface area contributed by atoms with Crippen molar-refractivity contribution in [3.63, 3.8) is 0 Å². The monoisotopic (exact) mass is 298 g/mol. The van der Waals surface area contributed by atoms with Gasteiger partial charge in [0.05, 0.1) is 11.1 Å². The van der Waals surface area contributed by atoms with Crippen LogP contribution in [0.15, 0.2) is 29.1 Å². The van der Waals surface area contributed by atoms with Crippen LogP contribution in [0.2, 0.25) is 0 Å². The van der Waals surface area contributed by atoms with Gasteiger partial charge in [0.1, 0.15) is 0 Å². The van der Waals surface area contributed by atoms with E-state index >= 15 is 0 Å². The normalized spacial score (nSPS) is 12.9. The molecule has 2 rings (SSSR count). The van der Waals surface area contributed by atoms with Crippen molar-refractivity contribution in [2.24, 2.45) is 5.41 Å². The average Bonchev–Trinajstić information content (AvgIpc) is 2.30. The Morgan fingerprint density at radius 1 is 1.14 bits per heavy atom. The highest BCUT2D eigenvalue weighted by Gasteiger charge is 2.33. The molecule has 21 heavy (non-hydrogen) atoms. The number of alkyl halides is 3. The van der Waals surface area contributed by atoms with Crippen molar-refractivity contribution >= 4 is 10.9 Å². The first-order valence-corrected chi connectivity index (χ1v) is 6.50. The molecule has 0 amide bonds. The molecule has 0 unspecified atom stereocenters. The van der Waals surface area contributed by atoms with E-state index in [4.69, 9.17) is 5.84 Å². The zero-order valence-corrected chi connectivity index (χ0v) is 12.1. The van der Waals surface area contributed by atoms with E-state index in [1.807, 2.05) is 20.8 Å². The van der Waals surface area contributed by atoms with Gasteiger partial charge in [0, 0.05) is 11.5 Å². The zero-order valence-electron chi connectivity index (χ0n) is 12.1. The summed E-state index contributed by atoms with van der Waals surface area (Å²) in [4.78, 5) is 11.6. The molecule has 1 heterocycles. The Labute approximate surface area is 120 Å². The van der Waals surface area contributed by atoms with Gasteiger partial charge in [-0.05, 0) is 23.5 Å². The highest BCUT2D eigenvalue weighted by Crippen LogP contribution is 2.34. The molecule has 0 atom stereocenters. The minimum atomic E-state index is -4.59. The van der Waals surface area contributed by atoms with Crippen LogP contribution >= 0.6 is 0 Å². The maximum atomic E-state index is 13.0. The number of aromatic nitrogens is 1. The molecule has 0 radical (unpaired) electrons. The predicted octanol–water partition coefficient (Wildman–Crippen LogP) is 3.32. The molecule has 2 aromatic rings. The summed E-state index contributed by atoms with van der Waals surface area (Å²) in [5.41, 5.74) is -0.909. The fourth-order valence-corrected chi connectivity index (χ4v) is 2.35. The summed E-state index contributed by atoms with van der Waals surface area (Å²) in [6.45, 7) is 6.08. The van der Waals surface area contributed by atoms with Crippen molar-refractivity contribution in [2.45, 2.75) is 33.4 Å². The van der Waals surface area contributed by atoms with E-state index in [0.717, 1.165) is 10.2 Å². The van der Waals surface area contributed by atoms with Gasteiger partial charge in [-0.15, -0.1) is 0 Å². The number of rotatable bonds is 1. The minimum absolute atomic E-state index is 0.0188. The van der Waals surface area contributed by atoms with E-state index in [-0.39, 0.29) is 16.3 Å². The van der Waals surface area contributed by atoms with Crippen molar-refractivity contribution < 1.29 is 13.2 Å². The van der Waals surface area contributed by atoms with Crippen LogP contribution in [0.3, 0.4) is 0 Å².